The highest BCUT2D eigenvalue weighted by Gasteiger charge is 2.41. The third-order valence-electron chi connectivity index (χ3n) is 8.95. The van der Waals surface area contributed by atoms with Crippen LogP contribution < -0.4 is 9.47 Å². The number of nitrogens with one attached hydrogen (secondary N) is 2. The van der Waals surface area contributed by atoms with Gasteiger partial charge in [-0.25, -0.2) is 29.9 Å². The van der Waals surface area contributed by atoms with Crippen molar-refractivity contribution in [3.8, 4) is 11.5 Å². The van der Waals surface area contributed by atoms with E-state index in [1.807, 2.05) is 0 Å². The number of nitrogens with zero attached hydrogens (tertiary/aromatic N) is 6. The molecule has 2 N–H and O–H groups in total. The van der Waals surface area contributed by atoms with E-state index in [0.717, 1.165) is 0 Å². The number of aromatic nitrogens is 8. The molecule has 0 unspecified atom stereocenters. The van der Waals surface area contributed by atoms with Gasteiger partial charge >= 0.3 is 24.7 Å². The molecule has 0 amide bonds. The van der Waals surface area contributed by atoms with E-state index in [2.05, 4.69) is 39.9 Å². The lowest BCUT2D eigenvalue weighted by Crippen LogP contribution is -2.21. The highest BCUT2D eigenvalue weighted by molar-refractivity contribution is 5.92. The van der Waals surface area contributed by atoms with Crippen LogP contribution in [0.5, 0.6) is 11.5 Å². The van der Waals surface area contributed by atoms with Crippen molar-refractivity contribution in [3.63, 3.8) is 0 Å². The van der Waals surface area contributed by atoms with Crippen LogP contribution in [-0.2, 0) is 20.3 Å². The summed E-state index contributed by atoms with van der Waals surface area (Å²) in [6.45, 7) is 10.9. The van der Waals surface area contributed by atoms with Crippen molar-refractivity contribution in [2.45, 2.75) is 119 Å². The number of ether oxygens (including phenoxy) is 4. The lowest BCUT2D eigenvalue weighted by Gasteiger charge is -2.22. The molecule has 5 rings (SSSR count). The van der Waals surface area contributed by atoms with Gasteiger partial charge in [-0.3, -0.25) is 0 Å². The van der Waals surface area contributed by atoms with Crippen LogP contribution in [0.15, 0.2) is 0 Å². The predicted molar refractivity (Wildman–Crippen MR) is 209 cm³/mol. The van der Waals surface area contributed by atoms with Crippen LogP contribution in [0.2, 0.25) is 0 Å². The monoisotopic (exact) mass is 930 g/mol. The molecule has 2 aliphatic heterocycles. The van der Waals surface area contributed by atoms with Crippen molar-refractivity contribution in [2.24, 2.45) is 10.8 Å². The Labute approximate surface area is 358 Å². The van der Waals surface area contributed by atoms with Gasteiger partial charge in [-0.1, -0.05) is 83.1 Å². The topological polar surface area (TPSA) is 146 Å². The molecule has 0 aromatic carbocycles. The smallest absolute Gasteiger partial charge is 0.422 e. The molecule has 64 heavy (non-hydrogen) atoms. The lowest BCUT2D eigenvalue weighted by atomic mass is 9.85. The van der Waals surface area contributed by atoms with E-state index < -0.39 is 130 Å². The summed E-state index contributed by atoms with van der Waals surface area (Å²) in [4.78, 5) is 32.3. The minimum Gasteiger partial charge on any atom is -0.480 e. The van der Waals surface area contributed by atoms with Gasteiger partial charge in [-0.05, 0) is 21.7 Å². The van der Waals surface area contributed by atoms with Gasteiger partial charge < -0.3 is 28.9 Å². The summed E-state index contributed by atoms with van der Waals surface area (Å²) in [6, 6.07) is 0. The standard InChI is InChI=1S/C40H46F12N8O4/c1-33(2,3)17-21(61-13-37(41,42)43)29-53-25(17)57-30-22(62-14-38(44,45)46)18(34(4,5)6)27(54-30)59-32-24(64-16-40(50,51)52)20(36(10,11)12)28(56-32)60-31-23(63-15-39(47,48)49)19(35(7,8)9)26(55-31)58-29/h13-16H2,1-12H3,(H2,53,54,55,56,57,58,59,60). The van der Waals surface area contributed by atoms with Crippen LogP contribution in [0, 0.1) is 10.8 Å². The van der Waals surface area contributed by atoms with Gasteiger partial charge in [-0.2, -0.15) is 52.7 Å². The van der Waals surface area contributed by atoms with Gasteiger partial charge in [0, 0.05) is 22.3 Å². The zero-order valence-electron chi connectivity index (χ0n) is 36.7. The fourth-order valence-electron chi connectivity index (χ4n) is 6.73. The Hall–Kier alpha value is -5.32. The maximum Gasteiger partial charge on any atom is 0.422 e. The molecule has 2 aliphatic rings. The van der Waals surface area contributed by atoms with Crippen molar-refractivity contribution >= 4 is 45.3 Å². The second-order valence-electron chi connectivity index (χ2n) is 19.0. The molecule has 0 radical (unpaired) electrons. The quantitative estimate of drug-likeness (QED) is 0.209. The van der Waals surface area contributed by atoms with Crippen molar-refractivity contribution in [3.05, 3.63) is 34.4 Å². The van der Waals surface area contributed by atoms with Crippen molar-refractivity contribution in [1.29, 1.82) is 0 Å². The molecule has 3 aromatic rings. The minimum atomic E-state index is -4.94. The summed E-state index contributed by atoms with van der Waals surface area (Å²) in [6.07, 6.45) is -19.7. The Kier molecular flexibility index (Phi) is 12.6. The summed E-state index contributed by atoms with van der Waals surface area (Å²) in [5.74, 6) is -4.45. The number of allylic oxidation sites excluding steroid dienone is 2. The molecule has 0 spiro atoms. The van der Waals surface area contributed by atoms with Crippen LogP contribution in [0.3, 0.4) is 0 Å². The Morgan fingerprint density at radius 2 is 0.625 bits per heavy atom. The summed E-state index contributed by atoms with van der Waals surface area (Å²) < 4.78 is 188. The first-order valence-electron chi connectivity index (χ1n) is 19.3. The normalized spacial score (nSPS) is 15.0. The Morgan fingerprint density at radius 3 is 0.953 bits per heavy atom. The Bertz CT molecular complexity index is 2500. The summed E-state index contributed by atoms with van der Waals surface area (Å²) >= 11 is 0. The molecule has 354 valence electrons. The van der Waals surface area contributed by atoms with Crippen molar-refractivity contribution in [2.75, 3.05) is 26.4 Å². The average molecular weight is 931 g/mol. The molecule has 0 saturated heterocycles. The van der Waals surface area contributed by atoms with Crippen LogP contribution in [0.25, 0.3) is 45.3 Å². The van der Waals surface area contributed by atoms with E-state index in [1.54, 1.807) is 41.5 Å². The fraction of sp³-hybridized carbons (Fsp3) is 0.600. The molecule has 0 saturated carbocycles. The highest BCUT2D eigenvalue weighted by atomic mass is 19.4. The minimum absolute atomic E-state index is 0.103. The third-order valence-corrected chi connectivity index (χ3v) is 8.95. The number of hydrogen-bond acceptors (Lipinski definition) is 10. The van der Waals surface area contributed by atoms with E-state index in [1.165, 1.54) is 41.5 Å². The van der Waals surface area contributed by atoms with E-state index in [4.69, 9.17) is 18.9 Å². The molecule has 0 atom stereocenters. The first-order valence-corrected chi connectivity index (χ1v) is 19.3. The zero-order chi connectivity index (χ0) is 48.6. The van der Waals surface area contributed by atoms with Crippen molar-refractivity contribution in [1.82, 2.24) is 39.9 Å². The van der Waals surface area contributed by atoms with Crippen LogP contribution in [0.1, 0.15) is 118 Å². The molecular weight excluding hydrogens is 884 g/mol. The van der Waals surface area contributed by atoms with Gasteiger partial charge in [0.05, 0.1) is 0 Å². The van der Waals surface area contributed by atoms with Gasteiger partial charge in [0.15, 0.2) is 84.0 Å². The summed E-state index contributed by atoms with van der Waals surface area (Å²) in [5, 5.41) is 0. The number of hydrogen-bond donors (Lipinski definition) is 2. The number of halogens is 12. The summed E-state index contributed by atoms with van der Waals surface area (Å²) in [7, 11) is 0. The van der Waals surface area contributed by atoms with Gasteiger partial charge in [-0.15, -0.1) is 0 Å². The van der Waals surface area contributed by atoms with E-state index in [0.29, 0.717) is 0 Å². The Balaban J connectivity index is 2.16. The SMILES string of the molecule is CC(C)(C)C1=C(OCC(F)(F)F)c2nc1nc1nc(nc3[nH]c(nc4[nH]c(n2)c(C(C)(C)C)c4OCC(F)(F)F)c(C(C)(C)C)c3OCC(F)(F)F)C(C(C)(C)C)=C1OCC(F)(F)F. The Morgan fingerprint density at radius 1 is 0.344 bits per heavy atom. The molecule has 5 heterocycles. The second kappa shape index (κ2) is 16.3. The highest BCUT2D eigenvalue weighted by Crippen LogP contribution is 2.47. The predicted octanol–water partition coefficient (Wildman–Crippen LogP) is 11.4. The van der Waals surface area contributed by atoms with Gasteiger partial charge in [0.1, 0.15) is 11.3 Å². The molecule has 0 fully saturated rings. The molecule has 3 aromatic heterocycles. The summed E-state index contributed by atoms with van der Waals surface area (Å²) in [5.41, 5.74) is -7.08. The number of alkyl halides is 12. The largest absolute Gasteiger partial charge is 0.480 e. The lowest BCUT2D eigenvalue weighted by molar-refractivity contribution is -0.159. The maximum atomic E-state index is 13.9. The molecule has 12 nitrogen and oxygen atoms in total. The van der Waals surface area contributed by atoms with Gasteiger partial charge in [0.25, 0.3) is 0 Å². The molecule has 8 bridgehead atoms. The molecule has 0 aliphatic carbocycles. The number of H-pyrrole nitrogens is 2. The zero-order valence-corrected chi connectivity index (χ0v) is 36.7. The fourth-order valence-corrected chi connectivity index (χ4v) is 6.73. The van der Waals surface area contributed by atoms with E-state index in [9.17, 15) is 52.7 Å². The first-order chi connectivity index (χ1) is 28.7. The number of fused-ring (bicyclic) bond motifs is 8. The van der Waals surface area contributed by atoms with E-state index >= 15 is 0 Å². The number of rotatable bonds is 8. The van der Waals surface area contributed by atoms with Crippen LogP contribution in [-0.4, -0.2) is 91.0 Å². The van der Waals surface area contributed by atoms with E-state index in [-0.39, 0.29) is 33.6 Å². The second-order valence-corrected chi connectivity index (χ2v) is 19.0. The van der Waals surface area contributed by atoms with Gasteiger partial charge in [0.2, 0.25) is 0 Å². The molecular formula is C40H46F12N8O4. The van der Waals surface area contributed by atoms with Crippen LogP contribution >= 0.6 is 0 Å². The molecule has 24 heteroatoms. The van der Waals surface area contributed by atoms with Crippen molar-refractivity contribution < 1.29 is 71.6 Å². The number of aromatic amines is 2. The van der Waals surface area contributed by atoms with Crippen LogP contribution in [0.4, 0.5) is 52.7 Å². The third kappa shape index (κ3) is 11.7. The average Bonchev–Trinajstić information content (AvgIpc) is 3.79. The maximum absolute atomic E-state index is 13.9. The first kappa shape index (κ1) is 49.7.